The van der Waals surface area contributed by atoms with Gasteiger partial charge in [-0.3, -0.25) is 24.5 Å². The average Bonchev–Trinajstić information content (AvgIpc) is 2.71. The lowest BCUT2D eigenvalue weighted by atomic mass is 10.2. The first-order valence-corrected chi connectivity index (χ1v) is 9.64. The number of ether oxygens (including phenoxy) is 1. The maximum absolute atomic E-state index is 12.6. The molecule has 0 aliphatic heterocycles. The van der Waals surface area contributed by atoms with E-state index in [9.17, 15) is 33.3 Å². The first kappa shape index (κ1) is 24.0. The van der Waals surface area contributed by atoms with Crippen LogP contribution in [-0.4, -0.2) is 41.6 Å². The van der Waals surface area contributed by atoms with Gasteiger partial charge >= 0.3 is 5.97 Å². The van der Waals surface area contributed by atoms with Crippen molar-refractivity contribution in [2.75, 3.05) is 18.5 Å². The Hall–Kier alpha value is -3.25. The third-order valence-electron chi connectivity index (χ3n) is 3.54. The average molecular weight is 474 g/mol. The van der Waals surface area contributed by atoms with Gasteiger partial charge in [-0.1, -0.05) is 35.5 Å². The van der Waals surface area contributed by atoms with Gasteiger partial charge in [-0.15, -0.1) is 0 Å². The number of nitrogens with zero attached hydrogens (tertiary/aromatic N) is 1. The number of nitro benzene ring substituents is 1. The number of thioether (sulfide) groups is 1. The van der Waals surface area contributed by atoms with Crippen molar-refractivity contribution in [1.82, 2.24) is 5.32 Å². The number of benzene rings is 2. The molecule has 0 atom stereocenters. The number of hydrogen-bond donors (Lipinski definition) is 2. The number of nitrogens with one attached hydrogen (secondary N) is 2. The van der Waals surface area contributed by atoms with Crippen molar-refractivity contribution in [3.8, 4) is 0 Å². The topological polar surface area (TPSA) is 128 Å². The molecule has 2 aromatic rings. The first-order valence-electron chi connectivity index (χ1n) is 8.39. The Kier molecular flexibility index (Phi) is 8.70. The molecular weight excluding hydrogens is 460 g/mol. The molecule has 0 bridgehead atoms. The second kappa shape index (κ2) is 11.2. The Morgan fingerprint density at radius 1 is 1.19 bits per heavy atom. The molecule has 0 radical (unpaired) electrons. The van der Waals surface area contributed by atoms with Gasteiger partial charge in [0, 0.05) is 16.5 Å². The van der Waals surface area contributed by atoms with E-state index < -0.39 is 47.3 Å². The normalized spacial score (nSPS) is 10.5. The fourth-order valence-corrected chi connectivity index (χ4v) is 2.98. The standard InChI is InChI=1S/C18H14ClF2N3O6S/c19-11-6-5-10(7-13(11)24(28)29)17(27)22-8-16(26)30-9-15(25)23-12-3-1-2-4-14(12)31-18(20)21/h1-7,18H,8-9H2,(H,22,27)(H,23,25). The molecule has 0 saturated heterocycles. The van der Waals surface area contributed by atoms with Gasteiger partial charge < -0.3 is 15.4 Å². The molecule has 0 aliphatic rings. The molecule has 31 heavy (non-hydrogen) atoms. The second-order valence-corrected chi connectivity index (χ2v) is 7.13. The van der Waals surface area contributed by atoms with E-state index in [-0.39, 0.29) is 32.9 Å². The summed E-state index contributed by atoms with van der Waals surface area (Å²) in [5.41, 5.74) is -0.444. The molecule has 0 fully saturated rings. The summed E-state index contributed by atoms with van der Waals surface area (Å²) in [7, 11) is 0. The van der Waals surface area contributed by atoms with Crippen molar-refractivity contribution in [2.24, 2.45) is 0 Å². The molecule has 0 unspecified atom stereocenters. The monoisotopic (exact) mass is 473 g/mol. The maximum atomic E-state index is 12.6. The SMILES string of the molecule is O=C(COC(=O)CNC(=O)c1ccc(Cl)c([N+](=O)[O-])c1)Nc1ccccc1SC(F)F. The Balaban J connectivity index is 1.83. The van der Waals surface area contributed by atoms with Gasteiger partial charge in [-0.05, 0) is 24.3 Å². The van der Waals surface area contributed by atoms with Crippen molar-refractivity contribution in [3.05, 3.63) is 63.2 Å². The van der Waals surface area contributed by atoms with E-state index in [1.54, 1.807) is 0 Å². The van der Waals surface area contributed by atoms with Gasteiger partial charge in [-0.2, -0.15) is 8.78 Å². The summed E-state index contributed by atoms with van der Waals surface area (Å²) in [6, 6.07) is 9.22. The quantitative estimate of drug-likeness (QED) is 0.247. The number of halogens is 3. The third kappa shape index (κ3) is 7.50. The molecule has 2 N–H and O–H groups in total. The van der Waals surface area contributed by atoms with Crippen LogP contribution in [-0.2, 0) is 14.3 Å². The van der Waals surface area contributed by atoms with Crippen LogP contribution in [0.2, 0.25) is 5.02 Å². The zero-order chi connectivity index (χ0) is 23.0. The van der Waals surface area contributed by atoms with Gasteiger partial charge in [0.25, 0.3) is 23.3 Å². The predicted octanol–water partition coefficient (Wildman–Crippen LogP) is 3.47. The zero-order valence-electron chi connectivity index (χ0n) is 15.5. The van der Waals surface area contributed by atoms with Crippen LogP contribution in [0.4, 0.5) is 20.2 Å². The van der Waals surface area contributed by atoms with Gasteiger partial charge in [0.05, 0.1) is 10.6 Å². The van der Waals surface area contributed by atoms with E-state index in [1.165, 1.54) is 36.4 Å². The minimum absolute atomic E-state index is 0.102. The summed E-state index contributed by atoms with van der Waals surface area (Å²) in [5, 5.41) is 15.2. The molecule has 2 amide bonds. The summed E-state index contributed by atoms with van der Waals surface area (Å²) < 4.78 is 29.8. The summed E-state index contributed by atoms with van der Waals surface area (Å²) >= 11 is 5.91. The molecular formula is C18H14ClF2N3O6S. The van der Waals surface area contributed by atoms with E-state index in [1.807, 2.05) is 0 Å². The third-order valence-corrected chi connectivity index (χ3v) is 4.65. The summed E-state index contributed by atoms with van der Waals surface area (Å²) in [4.78, 5) is 45.9. The van der Waals surface area contributed by atoms with Gasteiger partial charge in [-0.25, -0.2) is 0 Å². The molecule has 0 heterocycles. The lowest BCUT2D eigenvalue weighted by molar-refractivity contribution is -0.384. The number of carbonyl (C=O) groups excluding carboxylic acids is 3. The van der Waals surface area contributed by atoms with Crippen molar-refractivity contribution >= 4 is 52.5 Å². The van der Waals surface area contributed by atoms with Gasteiger partial charge in [0.1, 0.15) is 11.6 Å². The minimum atomic E-state index is -2.68. The van der Waals surface area contributed by atoms with Crippen LogP contribution in [0, 0.1) is 10.1 Å². The van der Waals surface area contributed by atoms with Crippen LogP contribution < -0.4 is 10.6 Å². The van der Waals surface area contributed by atoms with E-state index in [4.69, 9.17) is 16.3 Å². The number of alkyl halides is 2. The summed E-state index contributed by atoms with van der Waals surface area (Å²) in [6.45, 7) is -1.32. The van der Waals surface area contributed by atoms with Gasteiger partial charge in [0.15, 0.2) is 6.61 Å². The maximum Gasteiger partial charge on any atom is 0.325 e. The molecule has 0 aromatic heterocycles. The molecule has 2 rings (SSSR count). The molecule has 9 nitrogen and oxygen atoms in total. The fraction of sp³-hybridized carbons (Fsp3) is 0.167. The number of rotatable bonds is 9. The number of esters is 1. The number of nitro groups is 1. The fourth-order valence-electron chi connectivity index (χ4n) is 2.20. The van der Waals surface area contributed by atoms with E-state index in [0.717, 1.165) is 6.07 Å². The summed E-state index contributed by atoms with van der Waals surface area (Å²) in [5.74, 6) is -5.20. The Bertz CT molecular complexity index is 1010. The molecule has 0 aliphatic carbocycles. The van der Waals surface area contributed by atoms with E-state index in [2.05, 4.69) is 10.6 Å². The summed E-state index contributed by atoms with van der Waals surface area (Å²) in [6.07, 6.45) is 0. The molecule has 2 aromatic carbocycles. The van der Waals surface area contributed by atoms with Crippen molar-refractivity contribution in [1.29, 1.82) is 0 Å². The number of carbonyl (C=O) groups is 3. The highest BCUT2D eigenvalue weighted by atomic mass is 35.5. The van der Waals surface area contributed by atoms with Crippen molar-refractivity contribution in [3.63, 3.8) is 0 Å². The molecule has 164 valence electrons. The Morgan fingerprint density at radius 3 is 2.58 bits per heavy atom. The van der Waals surface area contributed by atoms with Crippen LogP contribution in [0.5, 0.6) is 0 Å². The number of para-hydroxylation sites is 1. The smallest absolute Gasteiger partial charge is 0.325 e. The van der Waals surface area contributed by atoms with Crippen LogP contribution in [0.3, 0.4) is 0 Å². The van der Waals surface area contributed by atoms with E-state index >= 15 is 0 Å². The molecule has 0 spiro atoms. The van der Waals surface area contributed by atoms with Crippen LogP contribution in [0.1, 0.15) is 10.4 Å². The Labute approximate surface area is 183 Å². The van der Waals surface area contributed by atoms with Crippen LogP contribution >= 0.6 is 23.4 Å². The highest BCUT2D eigenvalue weighted by molar-refractivity contribution is 7.99. The largest absolute Gasteiger partial charge is 0.454 e. The lowest BCUT2D eigenvalue weighted by Gasteiger charge is -2.11. The Morgan fingerprint density at radius 2 is 1.90 bits per heavy atom. The minimum Gasteiger partial charge on any atom is -0.454 e. The zero-order valence-corrected chi connectivity index (χ0v) is 17.0. The van der Waals surface area contributed by atoms with Crippen LogP contribution in [0.15, 0.2) is 47.4 Å². The number of amides is 2. The predicted molar refractivity (Wildman–Crippen MR) is 108 cm³/mol. The van der Waals surface area contributed by atoms with Crippen molar-refractivity contribution in [2.45, 2.75) is 10.7 Å². The molecule has 13 heteroatoms. The number of hydrogen-bond acceptors (Lipinski definition) is 7. The first-order chi connectivity index (χ1) is 14.7. The highest BCUT2D eigenvalue weighted by Gasteiger charge is 2.17. The molecule has 0 saturated carbocycles. The second-order valence-electron chi connectivity index (χ2n) is 5.69. The highest BCUT2D eigenvalue weighted by Crippen LogP contribution is 2.31. The van der Waals surface area contributed by atoms with Crippen LogP contribution in [0.25, 0.3) is 0 Å². The van der Waals surface area contributed by atoms with E-state index in [0.29, 0.717) is 0 Å². The van der Waals surface area contributed by atoms with Crippen molar-refractivity contribution < 1.29 is 32.8 Å². The number of anilines is 1. The lowest BCUT2D eigenvalue weighted by Crippen LogP contribution is -2.32. The van der Waals surface area contributed by atoms with Gasteiger partial charge in [0.2, 0.25) is 0 Å².